The Labute approximate surface area is 462 Å². The molecule has 11 aromatic rings. The van der Waals surface area contributed by atoms with E-state index in [-0.39, 0.29) is 38.6 Å². The van der Waals surface area contributed by atoms with Crippen LogP contribution in [0.2, 0.25) is 0 Å². The molecule has 398 valence electrons. The molecule has 0 radical (unpaired) electrons. The Morgan fingerprint density at radius 2 is 0.846 bits per heavy atom. The highest BCUT2D eigenvalue weighted by molar-refractivity contribution is 6.16. The molecule has 0 unspecified atom stereocenters. The van der Waals surface area contributed by atoms with Gasteiger partial charge in [-0.05, 0) is 145 Å². The molecule has 0 saturated heterocycles. The SMILES string of the molecule is C[C@@H]1Oc2c(cc(C(C)(C)C)cc2C(C)(C)C)-c2cc(C(C)(C)C)cc(-c3ccc4c(c3)c3cc(-c5cc(C(C)(C)C)cc6c5oc5c(C(C)(C)C)cc(C(C)(C)C)cc56)ccc3n4-c3cccc4c3oc3ccccc34)c21. The number of ether oxygens (including phenoxy) is 1. The molecule has 78 heavy (non-hydrogen) atoms. The lowest BCUT2D eigenvalue weighted by molar-refractivity contribution is 0.218. The molecule has 0 fully saturated rings. The zero-order valence-electron chi connectivity index (χ0n) is 49.9. The first-order valence-corrected chi connectivity index (χ1v) is 28.5. The molecule has 8 aromatic carbocycles. The number of para-hydroxylation sites is 2. The second kappa shape index (κ2) is 17.0. The van der Waals surface area contributed by atoms with Crippen molar-refractivity contribution in [3.63, 3.8) is 0 Å². The predicted octanol–water partition coefficient (Wildman–Crippen LogP) is 21.8. The van der Waals surface area contributed by atoms with Crippen molar-refractivity contribution in [2.45, 2.75) is 170 Å². The van der Waals surface area contributed by atoms with Crippen molar-refractivity contribution in [3.8, 4) is 44.8 Å². The number of nitrogens with zero attached hydrogens (tertiary/aromatic N) is 1. The molecule has 4 heteroatoms. The summed E-state index contributed by atoms with van der Waals surface area (Å²) in [6.07, 6.45) is -0.188. The summed E-state index contributed by atoms with van der Waals surface area (Å²) >= 11 is 0. The van der Waals surface area contributed by atoms with Gasteiger partial charge in [-0.1, -0.05) is 191 Å². The number of furan rings is 2. The van der Waals surface area contributed by atoms with Crippen molar-refractivity contribution < 1.29 is 13.6 Å². The lowest BCUT2D eigenvalue weighted by Crippen LogP contribution is -2.22. The van der Waals surface area contributed by atoms with Gasteiger partial charge in [0.2, 0.25) is 0 Å². The van der Waals surface area contributed by atoms with Gasteiger partial charge in [0.05, 0.1) is 16.7 Å². The smallest absolute Gasteiger partial charge is 0.159 e. The fourth-order valence-corrected chi connectivity index (χ4v) is 12.3. The Bertz CT molecular complexity index is 4290. The number of rotatable bonds is 3. The van der Waals surface area contributed by atoms with E-state index in [9.17, 15) is 0 Å². The molecule has 0 spiro atoms. The molecule has 3 aromatic heterocycles. The van der Waals surface area contributed by atoms with Crippen LogP contribution in [0.5, 0.6) is 5.75 Å². The Morgan fingerprint density at radius 3 is 1.45 bits per heavy atom. The zero-order chi connectivity index (χ0) is 55.7. The van der Waals surface area contributed by atoms with Gasteiger partial charge in [0.15, 0.2) is 5.58 Å². The van der Waals surface area contributed by atoms with Crippen LogP contribution < -0.4 is 4.74 Å². The highest BCUT2D eigenvalue weighted by Crippen LogP contribution is 2.54. The van der Waals surface area contributed by atoms with Gasteiger partial charge in [-0.25, -0.2) is 0 Å². The highest BCUT2D eigenvalue weighted by Gasteiger charge is 2.36. The first-order chi connectivity index (χ1) is 36.4. The standard InChI is InChI=1S/C74H79NO3/c1-41-64-50(33-44(69(2,3)4)35-54(64)55-37-46(71(8,9)10)39-58(66(55)76-41)73(14,15)16)42-27-29-60-52(31-42)53-32-43(28-30-61(53)75(60)62-25-22-24-49-48-23-20-21-26-63(48)77-68(49)62)51-34-45(70(5,6)7)36-56-57-38-47(72(11,12)13)40-59(74(17,18)19)67(57)78-65(51)56/h20-41H,1-19H3/t41-/m0/s1. The van der Waals surface area contributed by atoms with Crippen LogP contribution in [-0.2, 0) is 32.5 Å². The molecule has 0 bridgehead atoms. The maximum absolute atomic E-state index is 7.31. The summed E-state index contributed by atoms with van der Waals surface area (Å²) in [5.74, 6) is 1.01. The molecule has 1 atom stereocenters. The summed E-state index contributed by atoms with van der Waals surface area (Å²) in [5, 5.41) is 6.89. The number of hydrogen-bond acceptors (Lipinski definition) is 3. The van der Waals surface area contributed by atoms with Crippen LogP contribution in [0.25, 0.3) is 105 Å². The first-order valence-electron chi connectivity index (χ1n) is 28.5. The van der Waals surface area contributed by atoms with Gasteiger partial charge < -0.3 is 18.1 Å². The average Bonchev–Trinajstić information content (AvgIpc) is 4.14. The number of fused-ring (bicyclic) bond motifs is 12. The minimum Gasteiger partial charge on any atom is -0.485 e. The summed E-state index contributed by atoms with van der Waals surface area (Å²) in [6.45, 7) is 44.0. The minimum absolute atomic E-state index is 0.0401. The molecule has 0 aliphatic carbocycles. The van der Waals surface area contributed by atoms with Crippen LogP contribution in [-0.4, -0.2) is 4.57 Å². The maximum Gasteiger partial charge on any atom is 0.159 e. The molecular formula is C74H79NO3. The van der Waals surface area contributed by atoms with Crippen LogP contribution >= 0.6 is 0 Å². The van der Waals surface area contributed by atoms with E-state index in [0.717, 1.165) is 83.0 Å². The van der Waals surface area contributed by atoms with Gasteiger partial charge in [-0.3, -0.25) is 0 Å². The topological polar surface area (TPSA) is 40.4 Å². The summed E-state index contributed by atoms with van der Waals surface area (Å²) in [4.78, 5) is 0. The van der Waals surface area contributed by atoms with Gasteiger partial charge >= 0.3 is 0 Å². The molecule has 1 aliphatic heterocycles. The number of benzene rings is 8. The summed E-state index contributed by atoms with van der Waals surface area (Å²) in [7, 11) is 0. The van der Waals surface area contributed by atoms with Crippen molar-refractivity contribution in [3.05, 3.63) is 166 Å². The van der Waals surface area contributed by atoms with Crippen LogP contribution in [0.1, 0.15) is 177 Å². The van der Waals surface area contributed by atoms with Gasteiger partial charge in [0.25, 0.3) is 0 Å². The summed E-state index contributed by atoms with van der Waals surface area (Å²) < 4.78 is 23.8. The van der Waals surface area contributed by atoms with Crippen molar-refractivity contribution in [1.29, 1.82) is 0 Å². The third kappa shape index (κ3) is 8.29. The number of aromatic nitrogens is 1. The Morgan fingerprint density at radius 1 is 0.359 bits per heavy atom. The van der Waals surface area contributed by atoms with E-state index in [2.05, 4.69) is 264 Å². The molecule has 0 amide bonds. The third-order valence-electron chi connectivity index (χ3n) is 17.0. The van der Waals surface area contributed by atoms with E-state index in [0.29, 0.717) is 0 Å². The van der Waals surface area contributed by atoms with Gasteiger partial charge in [-0.2, -0.15) is 0 Å². The normalized spacial score (nSPS) is 14.8. The second-order valence-corrected chi connectivity index (χ2v) is 29.1. The van der Waals surface area contributed by atoms with E-state index in [1.54, 1.807) is 0 Å². The van der Waals surface area contributed by atoms with Crippen molar-refractivity contribution in [1.82, 2.24) is 4.57 Å². The fourth-order valence-electron chi connectivity index (χ4n) is 12.3. The highest BCUT2D eigenvalue weighted by atomic mass is 16.5. The van der Waals surface area contributed by atoms with E-state index in [1.807, 2.05) is 0 Å². The van der Waals surface area contributed by atoms with Crippen molar-refractivity contribution in [2.24, 2.45) is 0 Å². The van der Waals surface area contributed by atoms with Crippen LogP contribution in [0.4, 0.5) is 0 Å². The lowest BCUT2D eigenvalue weighted by atomic mass is 9.74. The van der Waals surface area contributed by atoms with E-state index in [1.165, 1.54) is 66.4 Å². The van der Waals surface area contributed by atoms with E-state index >= 15 is 0 Å². The molecule has 12 rings (SSSR count). The van der Waals surface area contributed by atoms with Crippen LogP contribution in [0.15, 0.2) is 136 Å². The average molecular weight is 1030 g/mol. The Kier molecular flexibility index (Phi) is 11.3. The Balaban J connectivity index is 1.17. The molecule has 4 nitrogen and oxygen atoms in total. The van der Waals surface area contributed by atoms with Crippen LogP contribution in [0.3, 0.4) is 0 Å². The van der Waals surface area contributed by atoms with E-state index in [4.69, 9.17) is 13.6 Å². The zero-order valence-corrected chi connectivity index (χ0v) is 49.9. The lowest BCUT2D eigenvalue weighted by Gasteiger charge is -2.36. The molecular weight excluding hydrogens is 951 g/mol. The van der Waals surface area contributed by atoms with E-state index < -0.39 is 0 Å². The summed E-state index contributed by atoms with van der Waals surface area (Å²) in [5.41, 5.74) is 22.3. The third-order valence-corrected chi connectivity index (χ3v) is 17.0. The maximum atomic E-state index is 7.31. The first kappa shape index (κ1) is 51.7. The quantitative estimate of drug-likeness (QED) is 0.177. The molecule has 0 saturated carbocycles. The minimum atomic E-state index is -0.188. The van der Waals surface area contributed by atoms with Gasteiger partial charge in [0, 0.05) is 60.1 Å². The largest absolute Gasteiger partial charge is 0.485 e. The van der Waals surface area contributed by atoms with Gasteiger partial charge in [-0.15, -0.1) is 0 Å². The number of hydrogen-bond donors (Lipinski definition) is 0. The molecule has 4 heterocycles. The van der Waals surface area contributed by atoms with Crippen LogP contribution in [0, 0.1) is 0 Å². The van der Waals surface area contributed by atoms with Gasteiger partial charge in [0.1, 0.15) is 28.6 Å². The molecule has 0 N–H and O–H groups in total. The predicted molar refractivity (Wildman–Crippen MR) is 333 cm³/mol. The van der Waals surface area contributed by atoms with Crippen molar-refractivity contribution >= 4 is 65.7 Å². The molecule has 1 aliphatic rings. The fraction of sp³-hybridized carbons (Fsp3) is 0.351. The second-order valence-electron chi connectivity index (χ2n) is 29.1. The summed E-state index contributed by atoms with van der Waals surface area (Å²) in [6, 6.07) is 48.5. The Hall–Kier alpha value is -7.04. The van der Waals surface area contributed by atoms with Crippen molar-refractivity contribution in [2.75, 3.05) is 0 Å². The monoisotopic (exact) mass is 1030 g/mol.